The first-order chi connectivity index (χ1) is 6.52. The molecule has 0 bridgehead atoms. The van der Waals surface area contributed by atoms with Crippen LogP contribution in [0.4, 0.5) is 0 Å². The van der Waals surface area contributed by atoms with Crippen LogP contribution in [0.25, 0.3) is 0 Å². The lowest BCUT2D eigenvalue weighted by Crippen LogP contribution is -2.48. The average Bonchev–Trinajstić information content (AvgIpc) is 2.37. The molecule has 1 heterocycles. The average molecular weight is 322 g/mol. The molecule has 0 saturated heterocycles. The van der Waals surface area contributed by atoms with Gasteiger partial charge in [-0.2, -0.15) is 0 Å². The Morgan fingerprint density at radius 2 is 2.21 bits per heavy atom. The maximum atomic E-state index is 5.76. The largest absolute Gasteiger partial charge is 0.455 e. The van der Waals surface area contributed by atoms with Crippen molar-refractivity contribution in [2.24, 2.45) is 11.5 Å². The van der Waals surface area contributed by atoms with E-state index in [0.29, 0.717) is 8.58 Å². The predicted molar refractivity (Wildman–Crippen MR) is 70.7 cm³/mol. The fourth-order valence-electron chi connectivity index (χ4n) is 1.43. The lowest BCUT2D eigenvalue weighted by Gasteiger charge is -2.16. The highest BCUT2D eigenvalue weighted by molar-refractivity contribution is 14.2. The number of aryl methyl sites for hydroxylation is 1. The molecular weight excluding hydrogens is 310 g/mol. The number of nitrogens with two attached hydrogens (primary N) is 2. The summed E-state index contributed by atoms with van der Waals surface area (Å²) in [6.07, 6.45) is 0. The zero-order chi connectivity index (χ0) is 10.3. The molecule has 3 nitrogen and oxygen atoms in total. The van der Waals surface area contributed by atoms with Crippen molar-refractivity contribution >= 4 is 39.1 Å². The first kappa shape index (κ1) is 10.5. The summed E-state index contributed by atoms with van der Waals surface area (Å²) < 4.78 is 10.7. The molecule has 76 valence electrons. The van der Waals surface area contributed by atoms with Crippen LogP contribution < -0.4 is 21.5 Å². The van der Waals surface area contributed by atoms with Gasteiger partial charge in [-0.15, -0.1) is 0 Å². The SMILES string of the molecule is C=Ic1cc(C)cc2c1OC(N)(N)P2. The lowest BCUT2D eigenvalue weighted by atomic mass is 10.2. The van der Waals surface area contributed by atoms with Crippen LogP contribution in [0.15, 0.2) is 12.1 Å². The molecule has 0 amide bonds. The van der Waals surface area contributed by atoms with E-state index in [1.54, 1.807) is 0 Å². The minimum absolute atomic E-state index is 0.236. The summed E-state index contributed by atoms with van der Waals surface area (Å²) >= 11 is -0.236. The monoisotopic (exact) mass is 322 g/mol. The van der Waals surface area contributed by atoms with Crippen molar-refractivity contribution in [3.63, 3.8) is 0 Å². The van der Waals surface area contributed by atoms with Gasteiger partial charge in [0.1, 0.15) is 5.75 Å². The molecule has 4 N–H and O–H groups in total. The molecule has 0 saturated carbocycles. The van der Waals surface area contributed by atoms with Crippen LogP contribution in [0, 0.1) is 10.5 Å². The zero-order valence-corrected chi connectivity index (χ0v) is 11.0. The summed E-state index contributed by atoms with van der Waals surface area (Å²) in [5.41, 5.74) is 11.8. The number of benzene rings is 1. The van der Waals surface area contributed by atoms with E-state index in [-0.39, 0.29) is 20.7 Å². The van der Waals surface area contributed by atoms with Gasteiger partial charge in [0, 0.05) is 5.30 Å². The minimum Gasteiger partial charge on any atom is -0.455 e. The van der Waals surface area contributed by atoms with E-state index in [4.69, 9.17) is 16.2 Å². The van der Waals surface area contributed by atoms with E-state index in [0.717, 1.165) is 11.1 Å². The highest BCUT2D eigenvalue weighted by atomic mass is 127. The van der Waals surface area contributed by atoms with Crippen molar-refractivity contribution in [3.8, 4) is 5.75 Å². The second-order valence-electron chi connectivity index (χ2n) is 3.28. The fraction of sp³-hybridized carbons (Fsp3) is 0.222. The zero-order valence-electron chi connectivity index (χ0n) is 7.80. The van der Waals surface area contributed by atoms with Crippen LogP contribution in [0.2, 0.25) is 0 Å². The Hall–Kier alpha value is -0.0300. The Kier molecular flexibility index (Phi) is 2.64. The van der Waals surface area contributed by atoms with Gasteiger partial charge in [0.15, 0.2) is 0 Å². The second-order valence-corrected chi connectivity index (χ2v) is 6.77. The van der Waals surface area contributed by atoms with E-state index in [2.05, 4.69) is 23.6 Å². The normalized spacial score (nSPS) is 19.4. The Morgan fingerprint density at radius 1 is 1.50 bits per heavy atom. The van der Waals surface area contributed by atoms with Crippen molar-refractivity contribution in [3.05, 3.63) is 21.3 Å². The smallest absolute Gasteiger partial charge is 0.232 e. The third-order valence-corrected chi connectivity index (χ3v) is 4.69. The van der Waals surface area contributed by atoms with Gasteiger partial charge in [-0.05, 0) is 33.2 Å². The Bertz CT molecular complexity index is 406. The van der Waals surface area contributed by atoms with E-state index < -0.39 is 5.59 Å². The lowest BCUT2D eigenvalue weighted by molar-refractivity contribution is 0.187. The van der Waals surface area contributed by atoms with Crippen LogP contribution in [-0.2, 0) is 0 Å². The molecule has 1 aromatic rings. The number of hydrogen-bond acceptors (Lipinski definition) is 3. The molecular formula is C9H12IN2OP. The van der Waals surface area contributed by atoms with Crippen LogP contribution >= 0.6 is 29.3 Å². The van der Waals surface area contributed by atoms with Crippen LogP contribution in [0.1, 0.15) is 5.56 Å². The van der Waals surface area contributed by atoms with Gasteiger partial charge in [-0.1, -0.05) is 25.2 Å². The molecule has 0 fully saturated rings. The number of ether oxygens (including phenoxy) is 1. The molecule has 0 aromatic heterocycles. The molecule has 1 atom stereocenters. The van der Waals surface area contributed by atoms with E-state index in [1.807, 2.05) is 0 Å². The van der Waals surface area contributed by atoms with Gasteiger partial charge < -0.3 is 4.74 Å². The van der Waals surface area contributed by atoms with Crippen LogP contribution in [0.5, 0.6) is 5.75 Å². The van der Waals surface area contributed by atoms with Crippen molar-refractivity contribution in [2.45, 2.75) is 12.5 Å². The van der Waals surface area contributed by atoms with E-state index in [1.165, 1.54) is 9.13 Å². The molecule has 5 heteroatoms. The van der Waals surface area contributed by atoms with E-state index >= 15 is 0 Å². The highest BCUT2D eigenvalue weighted by Crippen LogP contribution is 2.39. The Balaban J connectivity index is 2.56. The Morgan fingerprint density at radius 3 is 2.86 bits per heavy atom. The third-order valence-electron chi connectivity index (χ3n) is 1.93. The van der Waals surface area contributed by atoms with Gasteiger partial charge >= 0.3 is 0 Å². The maximum absolute atomic E-state index is 5.76. The van der Waals surface area contributed by atoms with Gasteiger partial charge in [0.05, 0.1) is 3.57 Å². The summed E-state index contributed by atoms with van der Waals surface area (Å²) in [6, 6.07) is 4.21. The topological polar surface area (TPSA) is 61.3 Å². The molecule has 1 aromatic carbocycles. The highest BCUT2D eigenvalue weighted by Gasteiger charge is 2.33. The molecule has 1 unspecified atom stereocenters. The third kappa shape index (κ3) is 1.84. The van der Waals surface area contributed by atoms with Gasteiger partial charge in [0.2, 0.25) is 5.59 Å². The van der Waals surface area contributed by atoms with Crippen molar-refractivity contribution in [2.75, 3.05) is 0 Å². The molecule has 14 heavy (non-hydrogen) atoms. The van der Waals surface area contributed by atoms with Crippen molar-refractivity contribution < 1.29 is 4.74 Å². The van der Waals surface area contributed by atoms with Gasteiger partial charge in [-0.25, -0.2) is 0 Å². The first-order valence-electron chi connectivity index (χ1n) is 4.10. The fourth-order valence-corrected chi connectivity index (χ4v) is 4.32. The number of halogens is 1. The Labute approximate surface area is 94.7 Å². The molecule has 0 radical (unpaired) electrons. The standard InChI is InChI=1S/C9H12IN2OP/c1-5-3-6(10-2)8-7(4-5)14-9(11,12)13-8/h3-4,14H,2,11-12H2,1H3. The maximum Gasteiger partial charge on any atom is 0.232 e. The van der Waals surface area contributed by atoms with Crippen LogP contribution in [-0.4, -0.2) is 10.1 Å². The summed E-state index contributed by atoms with van der Waals surface area (Å²) in [6.45, 7) is 2.07. The predicted octanol–water partition coefficient (Wildman–Crippen LogP) is 0.792. The summed E-state index contributed by atoms with van der Waals surface area (Å²) in [4.78, 5) is 0. The molecule has 0 spiro atoms. The van der Waals surface area contributed by atoms with Gasteiger partial charge in [0.25, 0.3) is 0 Å². The summed E-state index contributed by atoms with van der Waals surface area (Å²) in [5, 5.41) is 1.15. The van der Waals surface area contributed by atoms with Crippen LogP contribution in [0.3, 0.4) is 0 Å². The first-order valence-corrected chi connectivity index (χ1v) is 7.70. The number of fused-ring (bicyclic) bond motifs is 1. The van der Waals surface area contributed by atoms with Crippen molar-refractivity contribution in [1.82, 2.24) is 0 Å². The summed E-state index contributed by atoms with van der Waals surface area (Å²) in [5.74, 6) is 0.890. The van der Waals surface area contributed by atoms with E-state index in [9.17, 15) is 0 Å². The molecule has 1 aliphatic heterocycles. The quantitative estimate of drug-likeness (QED) is 0.457. The second kappa shape index (κ2) is 3.52. The number of hydrogen-bond donors (Lipinski definition) is 2. The molecule has 2 rings (SSSR count). The number of rotatable bonds is 1. The molecule has 1 aliphatic rings. The van der Waals surface area contributed by atoms with Crippen molar-refractivity contribution in [1.29, 1.82) is 0 Å². The molecule has 0 aliphatic carbocycles. The summed E-state index contributed by atoms with van der Waals surface area (Å²) in [7, 11) is 0.325. The minimum atomic E-state index is -0.996. The van der Waals surface area contributed by atoms with Gasteiger partial charge in [-0.3, -0.25) is 11.5 Å².